The molecule has 146 valence electrons. The van der Waals surface area contributed by atoms with Gasteiger partial charge in [0.25, 0.3) is 0 Å². The maximum atomic E-state index is 11.7. The molecule has 0 radical (unpaired) electrons. The molecule has 2 heterocycles. The first kappa shape index (κ1) is 19.3. The molecular weight excluding hydrogens is 340 g/mol. The molecular formula is C21H30N4O2. The first-order valence-corrected chi connectivity index (χ1v) is 9.38. The number of anilines is 1. The molecule has 1 aliphatic heterocycles. The van der Waals surface area contributed by atoms with E-state index in [1.165, 1.54) is 0 Å². The molecule has 27 heavy (non-hydrogen) atoms. The fraction of sp³-hybridized carbons (Fsp3) is 0.524. The van der Waals surface area contributed by atoms with Crippen LogP contribution in [0, 0.1) is 5.41 Å². The largest absolute Gasteiger partial charge is 0.465 e. The van der Waals surface area contributed by atoms with Crippen LogP contribution < -0.4 is 5.73 Å². The maximum Gasteiger partial charge on any atom is 0.407 e. The lowest BCUT2D eigenvalue weighted by Crippen LogP contribution is -2.44. The molecule has 1 aromatic carbocycles. The van der Waals surface area contributed by atoms with Gasteiger partial charge in [0.2, 0.25) is 0 Å². The van der Waals surface area contributed by atoms with E-state index in [1.807, 2.05) is 18.2 Å². The lowest BCUT2D eigenvalue weighted by atomic mass is 9.77. The highest BCUT2D eigenvalue weighted by molar-refractivity contribution is 5.67. The van der Waals surface area contributed by atoms with Gasteiger partial charge in [-0.2, -0.15) is 5.10 Å². The van der Waals surface area contributed by atoms with E-state index in [0.29, 0.717) is 18.8 Å². The Balaban J connectivity index is 2.06. The van der Waals surface area contributed by atoms with Crippen LogP contribution in [0.3, 0.4) is 0 Å². The Labute approximate surface area is 161 Å². The van der Waals surface area contributed by atoms with Gasteiger partial charge in [0.1, 0.15) is 5.82 Å². The Bertz CT molecular complexity index is 871. The second kappa shape index (κ2) is 6.29. The summed E-state index contributed by atoms with van der Waals surface area (Å²) in [6.45, 7) is 13.1. The van der Waals surface area contributed by atoms with Gasteiger partial charge in [-0.25, -0.2) is 9.48 Å². The van der Waals surface area contributed by atoms with Gasteiger partial charge in [0, 0.05) is 18.0 Å². The Morgan fingerprint density at radius 2 is 1.85 bits per heavy atom. The highest BCUT2D eigenvalue weighted by Crippen LogP contribution is 2.42. The van der Waals surface area contributed by atoms with Gasteiger partial charge in [-0.1, -0.05) is 47.6 Å². The van der Waals surface area contributed by atoms with Gasteiger partial charge in [-0.05, 0) is 35.1 Å². The van der Waals surface area contributed by atoms with Crippen LogP contribution in [0.15, 0.2) is 24.3 Å². The third-order valence-corrected chi connectivity index (χ3v) is 5.17. The van der Waals surface area contributed by atoms with Crippen molar-refractivity contribution >= 4 is 11.9 Å². The van der Waals surface area contributed by atoms with Crippen molar-refractivity contribution in [1.29, 1.82) is 0 Å². The SMILES string of the molecule is CC(C)(C)c1cc(N)n(-c2ccc3c(c2)CCN(C(=O)O)C3C(C)(C)C)n1. The van der Waals surface area contributed by atoms with Crippen LogP contribution in [0.2, 0.25) is 0 Å². The molecule has 1 unspecified atom stereocenters. The third kappa shape index (κ3) is 3.53. The summed E-state index contributed by atoms with van der Waals surface area (Å²) < 4.78 is 1.77. The summed E-state index contributed by atoms with van der Waals surface area (Å²) >= 11 is 0. The predicted molar refractivity (Wildman–Crippen MR) is 107 cm³/mol. The number of aromatic nitrogens is 2. The van der Waals surface area contributed by atoms with Gasteiger partial charge in [0.15, 0.2) is 0 Å². The van der Waals surface area contributed by atoms with Gasteiger partial charge >= 0.3 is 6.09 Å². The van der Waals surface area contributed by atoms with Gasteiger partial charge < -0.3 is 15.7 Å². The van der Waals surface area contributed by atoms with Crippen LogP contribution in [0.4, 0.5) is 10.6 Å². The summed E-state index contributed by atoms with van der Waals surface area (Å²) in [4.78, 5) is 13.3. The van der Waals surface area contributed by atoms with Crippen LogP contribution in [-0.2, 0) is 11.8 Å². The number of benzene rings is 1. The van der Waals surface area contributed by atoms with E-state index in [1.54, 1.807) is 9.58 Å². The molecule has 3 rings (SSSR count). The standard InChI is InChI=1S/C21H30N4O2/c1-20(2,3)16-12-17(22)25(23-16)14-7-8-15-13(11-14)9-10-24(19(26)27)18(15)21(4,5)6/h7-8,11-12,18H,9-10,22H2,1-6H3,(H,26,27). The summed E-state index contributed by atoms with van der Waals surface area (Å²) in [5, 5.41) is 14.3. The molecule has 6 nitrogen and oxygen atoms in total. The molecule has 1 aliphatic rings. The second-order valence-electron chi connectivity index (χ2n) is 9.49. The van der Waals surface area contributed by atoms with Crippen molar-refractivity contribution in [1.82, 2.24) is 14.7 Å². The summed E-state index contributed by atoms with van der Waals surface area (Å²) in [5.41, 5.74) is 10.0. The number of hydrogen-bond donors (Lipinski definition) is 2. The van der Waals surface area contributed by atoms with E-state index in [0.717, 1.165) is 22.5 Å². The van der Waals surface area contributed by atoms with Crippen molar-refractivity contribution in [3.63, 3.8) is 0 Å². The molecule has 0 saturated heterocycles. The van der Waals surface area contributed by atoms with Crippen LogP contribution in [0.1, 0.15) is 64.4 Å². The number of amides is 1. The Morgan fingerprint density at radius 3 is 2.37 bits per heavy atom. The smallest absolute Gasteiger partial charge is 0.407 e. The first-order chi connectivity index (χ1) is 12.4. The number of fused-ring (bicyclic) bond motifs is 1. The van der Waals surface area contributed by atoms with E-state index >= 15 is 0 Å². The molecule has 0 spiro atoms. The number of hydrogen-bond acceptors (Lipinski definition) is 3. The zero-order valence-corrected chi connectivity index (χ0v) is 17.1. The summed E-state index contributed by atoms with van der Waals surface area (Å²) in [5.74, 6) is 0.607. The molecule has 1 amide bonds. The monoisotopic (exact) mass is 370 g/mol. The molecule has 0 bridgehead atoms. The number of carbonyl (C=O) groups is 1. The molecule has 0 fully saturated rings. The molecule has 1 atom stereocenters. The van der Waals surface area contributed by atoms with Crippen molar-refractivity contribution in [3.05, 3.63) is 41.1 Å². The quantitative estimate of drug-likeness (QED) is 0.780. The minimum atomic E-state index is -0.865. The maximum absolute atomic E-state index is 11.7. The van der Waals surface area contributed by atoms with Gasteiger partial charge in [0.05, 0.1) is 17.4 Å². The summed E-state index contributed by atoms with van der Waals surface area (Å²) in [7, 11) is 0. The highest BCUT2D eigenvalue weighted by Gasteiger charge is 2.38. The van der Waals surface area contributed by atoms with Crippen molar-refractivity contribution in [3.8, 4) is 5.69 Å². The van der Waals surface area contributed by atoms with Crippen LogP contribution in [-0.4, -0.2) is 32.4 Å². The van der Waals surface area contributed by atoms with Crippen LogP contribution >= 0.6 is 0 Å². The van der Waals surface area contributed by atoms with E-state index in [9.17, 15) is 9.90 Å². The molecule has 0 saturated carbocycles. The minimum Gasteiger partial charge on any atom is -0.465 e. The average molecular weight is 370 g/mol. The van der Waals surface area contributed by atoms with E-state index in [-0.39, 0.29) is 16.9 Å². The number of carboxylic acid groups (broad SMARTS) is 1. The summed E-state index contributed by atoms with van der Waals surface area (Å²) in [6, 6.07) is 7.87. The van der Waals surface area contributed by atoms with Crippen molar-refractivity contribution < 1.29 is 9.90 Å². The fourth-order valence-electron chi connectivity index (χ4n) is 3.85. The minimum absolute atomic E-state index is 0.0765. The van der Waals surface area contributed by atoms with E-state index in [2.05, 4.69) is 47.6 Å². The van der Waals surface area contributed by atoms with Crippen molar-refractivity contribution in [2.24, 2.45) is 5.41 Å². The molecule has 6 heteroatoms. The fourth-order valence-corrected chi connectivity index (χ4v) is 3.85. The summed E-state index contributed by atoms with van der Waals surface area (Å²) in [6.07, 6.45) is -0.175. The first-order valence-electron chi connectivity index (χ1n) is 9.38. The van der Waals surface area contributed by atoms with Gasteiger partial charge in [-0.15, -0.1) is 0 Å². The number of rotatable bonds is 1. The van der Waals surface area contributed by atoms with Crippen LogP contribution in [0.5, 0.6) is 0 Å². The number of nitrogens with zero attached hydrogens (tertiary/aromatic N) is 3. The normalized spacial score (nSPS) is 17.7. The molecule has 1 aromatic heterocycles. The Kier molecular flexibility index (Phi) is 4.49. The Hall–Kier alpha value is -2.50. The molecule has 0 aliphatic carbocycles. The Morgan fingerprint density at radius 1 is 1.19 bits per heavy atom. The number of nitrogen functional groups attached to an aromatic ring is 1. The zero-order valence-electron chi connectivity index (χ0n) is 17.1. The van der Waals surface area contributed by atoms with E-state index in [4.69, 9.17) is 10.8 Å². The number of nitrogens with two attached hydrogens (primary N) is 1. The van der Waals surface area contributed by atoms with Crippen molar-refractivity contribution in [2.45, 2.75) is 59.4 Å². The lowest BCUT2D eigenvalue weighted by molar-refractivity contribution is 0.0759. The van der Waals surface area contributed by atoms with Crippen molar-refractivity contribution in [2.75, 3.05) is 12.3 Å². The molecule has 3 N–H and O–H groups in total. The lowest BCUT2D eigenvalue weighted by Gasteiger charge is -2.43. The van der Waals surface area contributed by atoms with E-state index < -0.39 is 6.09 Å². The molecule has 2 aromatic rings. The topological polar surface area (TPSA) is 84.4 Å². The van der Waals surface area contributed by atoms with Gasteiger partial charge in [-0.3, -0.25) is 0 Å². The van der Waals surface area contributed by atoms with Crippen LogP contribution in [0.25, 0.3) is 5.69 Å². The second-order valence-corrected chi connectivity index (χ2v) is 9.49. The highest BCUT2D eigenvalue weighted by atomic mass is 16.4. The predicted octanol–water partition coefficient (Wildman–Crippen LogP) is 4.38. The zero-order chi connectivity index (χ0) is 20.1. The third-order valence-electron chi connectivity index (χ3n) is 5.17. The average Bonchev–Trinajstić information content (AvgIpc) is 2.94.